The van der Waals surface area contributed by atoms with E-state index < -0.39 is 39.1 Å². The zero-order valence-corrected chi connectivity index (χ0v) is 16.7. The van der Waals surface area contributed by atoms with Crippen LogP contribution in [0.5, 0.6) is 5.75 Å². The minimum Gasteiger partial charge on any atom is -0.508 e. The SMILES string of the molecule is CCCCNC(=O)C(Cc1ccc(O)cc1)NC(=O)c1cc([N+](=O)[O-])cc([N+](=O)[O-])c1. The number of nitro groups is 2. The summed E-state index contributed by atoms with van der Waals surface area (Å²) in [5, 5.41) is 36.8. The van der Waals surface area contributed by atoms with Crippen LogP contribution in [0.25, 0.3) is 0 Å². The maximum atomic E-state index is 12.7. The van der Waals surface area contributed by atoms with Crippen molar-refractivity contribution in [1.29, 1.82) is 0 Å². The van der Waals surface area contributed by atoms with Gasteiger partial charge in [0.25, 0.3) is 17.3 Å². The van der Waals surface area contributed by atoms with Crippen molar-refractivity contribution in [1.82, 2.24) is 10.6 Å². The number of carbonyl (C=O) groups excluding carboxylic acids is 2. The van der Waals surface area contributed by atoms with E-state index in [2.05, 4.69) is 10.6 Å². The highest BCUT2D eigenvalue weighted by Crippen LogP contribution is 2.23. The van der Waals surface area contributed by atoms with Gasteiger partial charge < -0.3 is 15.7 Å². The third-order valence-electron chi connectivity index (χ3n) is 4.41. The average molecular weight is 430 g/mol. The number of hydrogen-bond acceptors (Lipinski definition) is 7. The molecule has 11 nitrogen and oxygen atoms in total. The fraction of sp³-hybridized carbons (Fsp3) is 0.300. The van der Waals surface area contributed by atoms with E-state index >= 15 is 0 Å². The Kier molecular flexibility index (Phi) is 8.01. The van der Waals surface area contributed by atoms with Crippen LogP contribution < -0.4 is 10.6 Å². The van der Waals surface area contributed by atoms with Crippen LogP contribution in [-0.4, -0.2) is 39.4 Å². The van der Waals surface area contributed by atoms with Crippen molar-refractivity contribution in [2.75, 3.05) is 6.54 Å². The van der Waals surface area contributed by atoms with Crippen LogP contribution in [-0.2, 0) is 11.2 Å². The van der Waals surface area contributed by atoms with Crippen LogP contribution in [0.15, 0.2) is 42.5 Å². The van der Waals surface area contributed by atoms with Gasteiger partial charge in [0.1, 0.15) is 11.8 Å². The maximum Gasteiger partial charge on any atom is 0.277 e. The number of phenolic OH excluding ortho intramolecular Hbond substituents is 1. The summed E-state index contributed by atoms with van der Waals surface area (Å²) in [7, 11) is 0. The van der Waals surface area contributed by atoms with Crippen molar-refractivity contribution in [3.05, 3.63) is 73.8 Å². The van der Waals surface area contributed by atoms with Crippen LogP contribution in [0.2, 0.25) is 0 Å². The quantitative estimate of drug-likeness (QED) is 0.296. The minimum atomic E-state index is -1.03. The molecule has 0 aliphatic rings. The number of nitro benzene ring substituents is 2. The highest BCUT2D eigenvalue weighted by molar-refractivity contribution is 5.98. The molecule has 0 spiro atoms. The average Bonchev–Trinajstić information content (AvgIpc) is 2.74. The first kappa shape index (κ1) is 23.3. The Balaban J connectivity index is 2.28. The molecule has 31 heavy (non-hydrogen) atoms. The predicted octanol–water partition coefficient (Wildman–Crippen LogP) is 2.47. The third-order valence-corrected chi connectivity index (χ3v) is 4.41. The highest BCUT2D eigenvalue weighted by atomic mass is 16.6. The van der Waals surface area contributed by atoms with Gasteiger partial charge in [-0.3, -0.25) is 29.8 Å². The van der Waals surface area contributed by atoms with Gasteiger partial charge in [0, 0.05) is 25.1 Å². The number of unbranched alkanes of at least 4 members (excludes halogenated alkanes) is 1. The molecule has 0 bridgehead atoms. The fourth-order valence-corrected chi connectivity index (χ4v) is 2.77. The number of aromatic hydroxyl groups is 1. The number of non-ortho nitro benzene ring substituents is 2. The summed E-state index contributed by atoms with van der Waals surface area (Å²) in [5.41, 5.74) is -0.875. The van der Waals surface area contributed by atoms with Gasteiger partial charge in [-0.1, -0.05) is 25.5 Å². The molecule has 1 atom stereocenters. The van der Waals surface area contributed by atoms with Crippen molar-refractivity contribution in [3.8, 4) is 5.75 Å². The number of phenols is 1. The summed E-state index contributed by atoms with van der Waals surface area (Å²) in [5.74, 6) is -1.28. The molecule has 0 aliphatic carbocycles. The molecule has 0 heterocycles. The number of nitrogens with zero attached hydrogens (tertiary/aromatic N) is 2. The number of hydrogen-bond donors (Lipinski definition) is 3. The summed E-state index contributed by atoms with van der Waals surface area (Å²) >= 11 is 0. The van der Waals surface area contributed by atoms with E-state index in [1.807, 2.05) is 6.92 Å². The topological polar surface area (TPSA) is 165 Å². The van der Waals surface area contributed by atoms with E-state index in [9.17, 15) is 34.9 Å². The first-order valence-electron chi connectivity index (χ1n) is 9.51. The van der Waals surface area contributed by atoms with Crippen LogP contribution in [0.3, 0.4) is 0 Å². The molecular weight excluding hydrogens is 408 g/mol. The minimum absolute atomic E-state index is 0.0423. The van der Waals surface area contributed by atoms with Crippen molar-refractivity contribution in [2.24, 2.45) is 0 Å². The maximum absolute atomic E-state index is 12.7. The van der Waals surface area contributed by atoms with Gasteiger partial charge in [-0.2, -0.15) is 0 Å². The first-order valence-corrected chi connectivity index (χ1v) is 9.51. The molecule has 164 valence electrons. The third kappa shape index (κ3) is 6.77. The van der Waals surface area contributed by atoms with Crippen LogP contribution in [0.4, 0.5) is 11.4 Å². The van der Waals surface area contributed by atoms with Crippen molar-refractivity contribution >= 4 is 23.2 Å². The van der Waals surface area contributed by atoms with E-state index in [0.717, 1.165) is 31.0 Å². The molecule has 0 fully saturated rings. The Bertz CT molecular complexity index is 944. The lowest BCUT2D eigenvalue weighted by atomic mass is 10.0. The Morgan fingerprint density at radius 1 is 1.03 bits per heavy atom. The van der Waals surface area contributed by atoms with Gasteiger partial charge >= 0.3 is 0 Å². The molecule has 2 amide bonds. The van der Waals surface area contributed by atoms with Gasteiger partial charge in [0.15, 0.2) is 0 Å². The van der Waals surface area contributed by atoms with Crippen LogP contribution in [0, 0.1) is 20.2 Å². The summed E-state index contributed by atoms with van der Waals surface area (Å²) in [4.78, 5) is 45.8. The molecule has 3 N–H and O–H groups in total. The number of rotatable bonds is 10. The molecular formula is C20H22N4O7. The van der Waals surface area contributed by atoms with Crippen molar-refractivity contribution in [3.63, 3.8) is 0 Å². The standard InChI is InChI=1S/C20H22N4O7/c1-2-3-8-21-20(27)18(9-13-4-6-17(25)7-5-13)22-19(26)14-10-15(23(28)29)12-16(11-14)24(30)31/h4-7,10-12,18,25H,2-3,8-9H2,1H3,(H,21,27)(H,22,26). The van der Waals surface area contributed by atoms with E-state index in [1.165, 1.54) is 12.1 Å². The molecule has 0 aromatic heterocycles. The summed E-state index contributed by atoms with van der Waals surface area (Å²) in [6.07, 6.45) is 1.68. The lowest BCUT2D eigenvalue weighted by molar-refractivity contribution is -0.394. The predicted molar refractivity (Wildman–Crippen MR) is 111 cm³/mol. The second-order valence-electron chi connectivity index (χ2n) is 6.79. The zero-order valence-electron chi connectivity index (χ0n) is 16.7. The Hall–Kier alpha value is -4.02. The van der Waals surface area contributed by atoms with E-state index in [-0.39, 0.29) is 17.7 Å². The van der Waals surface area contributed by atoms with Gasteiger partial charge in [-0.15, -0.1) is 0 Å². The van der Waals surface area contributed by atoms with Crippen LogP contribution in [0.1, 0.15) is 35.7 Å². The second kappa shape index (κ2) is 10.7. The number of benzene rings is 2. The van der Waals surface area contributed by atoms with Gasteiger partial charge in [0.05, 0.1) is 21.5 Å². The number of carbonyl (C=O) groups is 2. The number of nitrogens with one attached hydrogen (secondary N) is 2. The van der Waals surface area contributed by atoms with E-state index in [1.54, 1.807) is 12.1 Å². The smallest absolute Gasteiger partial charge is 0.277 e. The van der Waals surface area contributed by atoms with Gasteiger partial charge in [-0.05, 0) is 24.1 Å². The molecule has 0 aliphatic heterocycles. The number of amides is 2. The van der Waals surface area contributed by atoms with Gasteiger partial charge in [0.2, 0.25) is 5.91 Å². The summed E-state index contributed by atoms with van der Waals surface area (Å²) in [6, 6.07) is 7.59. The lowest BCUT2D eigenvalue weighted by Crippen LogP contribution is -2.48. The highest BCUT2D eigenvalue weighted by Gasteiger charge is 2.25. The Morgan fingerprint density at radius 2 is 1.61 bits per heavy atom. The van der Waals surface area contributed by atoms with E-state index in [0.29, 0.717) is 12.1 Å². The lowest BCUT2D eigenvalue weighted by Gasteiger charge is -2.19. The largest absolute Gasteiger partial charge is 0.508 e. The normalized spacial score (nSPS) is 11.4. The fourth-order valence-electron chi connectivity index (χ4n) is 2.77. The molecule has 2 rings (SSSR count). The molecule has 1 unspecified atom stereocenters. The monoisotopic (exact) mass is 430 g/mol. The van der Waals surface area contributed by atoms with E-state index in [4.69, 9.17) is 0 Å². The molecule has 2 aromatic carbocycles. The molecule has 0 saturated carbocycles. The van der Waals surface area contributed by atoms with Crippen LogP contribution >= 0.6 is 0 Å². The molecule has 0 saturated heterocycles. The summed E-state index contributed by atoms with van der Waals surface area (Å²) in [6.45, 7) is 2.36. The van der Waals surface area contributed by atoms with Gasteiger partial charge in [-0.25, -0.2) is 0 Å². The molecule has 2 aromatic rings. The summed E-state index contributed by atoms with van der Waals surface area (Å²) < 4.78 is 0. The zero-order chi connectivity index (χ0) is 23.0. The van der Waals surface area contributed by atoms with Crippen molar-refractivity contribution < 1.29 is 24.5 Å². The Morgan fingerprint density at radius 3 is 2.13 bits per heavy atom. The van der Waals surface area contributed by atoms with Crippen molar-refractivity contribution in [2.45, 2.75) is 32.2 Å². The molecule has 0 radical (unpaired) electrons. The second-order valence-corrected chi connectivity index (χ2v) is 6.79. The Labute approximate surface area is 177 Å². The first-order chi connectivity index (χ1) is 14.7. The molecule has 11 heteroatoms.